The third kappa shape index (κ3) is 7.54. The number of hydrogen-bond donors (Lipinski definition) is 1. The summed E-state index contributed by atoms with van der Waals surface area (Å²) in [6.07, 6.45) is 10.2. The number of anilines is 1. The first-order chi connectivity index (χ1) is 13.4. The Kier molecular flexibility index (Phi) is 9.37. The number of amides is 1. The summed E-state index contributed by atoms with van der Waals surface area (Å²) in [6.45, 7) is 1.03. The molecule has 0 bridgehead atoms. The highest BCUT2D eigenvalue weighted by Crippen LogP contribution is 2.27. The van der Waals surface area contributed by atoms with Crippen LogP contribution in [0.2, 0.25) is 0 Å². The van der Waals surface area contributed by atoms with Crippen molar-refractivity contribution >= 4 is 33.6 Å². The Morgan fingerprint density at radius 2 is 1.79 bits per heavy atom. The maximum absolute atomic E-state index is 12.2. The predicted octanol–water partition coefficient (Wildman–Crippen LogP) is 3.01. The van der Waals surface area contributed by atoms with E-state index in [0.717, 1.165) is 32.8 Å². The number of quaternary nitrogens is 1. The predicted molar refractivity (Wildman–Crippen MR) is 121 cm³/mol. The molecule has 29 heavy (non-hydrogen) atoms. The molecule has 5 heteroatoms. The Morgan fingerprint density at radius 1 is 1.10 bits per heavy atom. The van der Waals surface area contributed by atoms with E-state index in [9.17, 15) is 4.79 Å². The van der Waals surface area contributed by atoms with E-state index in [1.165, 1.54) is 37.7 Å². The van der Waals surface area contributed by atoms with Crippen LogP contribution in [0.1, 0.15) is 43.2 Å². The average Bonchev–Trinajstić information content (AvgIpc) is 2.68. The molecule has 1 saturated carbocycles. The molecule has 0 spiro atoms. The summed E-state index contributed by atoms with van der Waals surface area (Å²) in [7, 11) is 4.69. The van der Waals surface area contributed by atoms with Gasteiger partial charge in [0.1, 0.15) is 6.54 Å². The number of benzene rings is 2. The minimum atomic E-state index is -0.119. The van der Waals surface area contributed by atoms with Crippen LogP contribution in [0.25, 0.3) is 6.08 Å². The van der Waals surface area contributed by atoms with Crippen molar-refractivity contribution in [2.45, 2.75) is 44.7 Å². The van der Waals surface area contributed by atoms with Gasteiger partial charge in [0.2, 0.25) is 5.91 Å². The van der Waals surface area contributed by atoms with Gasteiger partial charge in [-0.2, -0.15) is 0 Å². The zero-order valence-corrected chi connectivity index (χ0v) is 20.9. The topological polar surface area (TPSA) is 29.1 Å². The Hall–Kier alpha value is -1.18. The fraction of sp³-hybridized carbons (Fsp3) is 0.375. The zero-order chi connectivity index (χ0) is 20.0. The lowest BCUT2D eigenvalue weighted by Crippen LogP contribution is -3.00. The number of carbonyl (C=O) groups is 1. The molecule has 1 aliphatic rings. The summed E-state index contributed by atoms with van der Waals surface area (Å²) in [5.41, 5.74) is 3.14. The number of nitrogens with one attached hydrogen (secondary N) is 1. The number of carbonyl (C=O) groups excluding carboxylic acids is 1. The van der Waals surface area contributed by atoms with Gasteiger partial charge in [0.05, 0.1) is 20.1 Å². The van der Waals surface area contributed by atoms with Crippen molar-refractivity contribution in [3.05, 3.63) is 70.2 Å². The maximum Gasteiger partial charge on any atom is 0.248 e. The van der Waals surface area contributed by atoms with Crippen molar-refractivity contribution < 1.29 is 33.3 Å². The smallest absolute Gasteiger partial charge is 0.248 e. The third-order valence-electron chi connectivity index (χ3n) is 5.65. The van der Waals surface area contributed by atoms with Gasteiger partial charge in [-0.25, -0.2) is 0 Å². The Bertz CT molecular complexity index is 827. The maximum atomic E-state index is 12.2. The largest absolute Gasteiger partial charge is 1.00 e. The molecule has 0 unspecified atom stereocenters. The van der Waals surface area contributed by atoms with Crippen LogP contribution in [0.4, 0.5) is 5.69 Å². The molecule has 0 radical (unpaired) electrons. The van der Waals surface area contributed by atoms with Crippen LogP contribution in [0, 0.1) is 0 Å². The van der Waals surface area contributed by atoms with Crippen LogP contribution in [-0.2, 0) is 11.3 Å². The highest BCUT2D eigenvalue weighted by atomic mass is 127. The lowest BCUT2D eigenvalue weighted by Gasteiger charge is -2.40. The second-order valence-electron chi connectivity index (χ2n) is 8.30. The van der Waals surface area contributed by atoms with Crippen molar-refractivity contribution in [1.82, 2.24) is 0 Å². The lowest BCUT2D eigenvalue weighted by atomic mass is 9.92. The van der Waals surface area contributed by atoms with Gasteiger partial charge in [-0.15, -0.1) is 0 Å². The molecule has 0 atom stereocenters. The fourth-order valence-corrected chi connectivity index (χ4v) is 4.46. The molecule has 156 valence electrons. The highest BCUT2D eigenvalue weighted by Gasteiger charge is 2.29. The Morgan fingerprint density at radius 3 is 2.45 bits per heavy atom. The standard InChI is InChI=1S/C24H29BrN2O.HI/c1-27(2,23-9-4-3-5-10-23)18-20-11-14-22(15-12-20)26-24(28)16-13-19-7-6-8-21(25)17-19;/h6-8,11-17,23H,3-5,9-10,18H2,1-2H3;1H/b16-13+;. The summed E-state index contributed by atoms with van der Waals surface area (Å²) < 4.78 is 2.04. The average molecular weight is 569 g/mol. The quantitative estimate of drug-likeness (QED) is 0.324. The molecule has 0 saturated heterocycles. The minimum absolute atomic E-state index is 0. The van der Waals surface area contributed by atoms with Crippen LogP contribution in [0.15, 0.2) is 59.1 Å². The van der Waals surface area contributed by atoms with E-state index in [-0.39, 0.29) is 29.9 Å². The number of rotatable bonds is 6. The molecule has 1 N–H and O–H groups in total. The van der Waals surface area contributed by atoms with Gasteiger partial charge in [0.25, 0.3) is 0 Å². The van der Waals surface area contributed by atoms with Crippen molar-refractivity contribution in [3.63, 3.8) is 0 Å². The molecule has 1 aliphatic carbocycles. The number of hydrogen-bond acceptors (Lipinski definition) is 1. The van der Waals surface area contributed by atoms with Crippen molar-refractivity contribution in [2.75, 3.05) is 19.4 Å². The van der Waals surface area contributed by atoms with Gasteiger partial charge in [0.15, 0.2) is 0 Å². The molecular weight excluding hydrogens is 539 g/mol. The van der Waals surface area contributed by atoms with Crippen LogP contribution >= 0.6 is 15.9 Å². The number of nitrogens with zero attached hydrogens (tertiary/aromatic N) is 1. The Labute approximate surface area is 200 Å². The van der Waals surface area contributed by atoms with Gasteiger partial charge in [-0.1, -0.05) is 46.6 Å². The molecule has 2 aromatic carbocycles. The molecule has 0 aliphatic heterocycles. The van der Waals surface area contributed by atoms with Crippen LogP contribution < -0.4 is 29.3 Å². The van der Waals surface area contributed by atoms with Crippen LogP contribution in [0.3, 0.4) is 0 Å². The van der Waals surface area contributed by atoms with Crippen molar-refractivity contribution in [1.29, 1.82) is 0 Å². The molecule has 3 nitrogen and oxygen atoms in total. The van der Waals surface area contributed by atoms with Crippen molar-refractivity contribution in [2.24, 2.45) is 0 Å². The first kappa shape index (κ1) is 24.1. The van der Waals surface area contributed by atoms with E-state index in [1.807, 2.05) is 42.5 Å². The molecule has 3 rings (SSSR count). The van der Waals surface area contributed by atoms with E-state index in [2.05, 4.69) is 47.5 Å². The van der Waals surface area contributed by atoms with E-state index in [0.29, 0.717) is 0 Å². The summed E-state index contributed by atoms with van der Waals surface area (Å²) in [5, 5.41) is 2.94. The Balaban J connectivity index is 0.00000300. The van der Waals surface area contributed by atoms with Crippen LogP contribution in [-0.4, -0.2) is 30.5 Å². The van der Waals surface area contributed by atoms with E-state index in [4.69, 9.17) is 0 Å². The summed E-state index contributed by atoms with van der Waals surface area (Å²) in [6, 6.07) is 16.9. The van der Waals surface area contributed by atoms with Gasteiger partial charge >= 0.3 is 0 Å². The summed E-state index contributed by atoms with van der Waals surface area (Å²) in [5.74, 6) is -0.119. The van der Waals surface area contributed by atoms with Crippen molar-refractivity contribution in [3.8, 4) is 0 Å². The SMILES string of the molecule is C[N+](C)(Cc1ccc(NC(=O)/C=C/c2cccc(Br)c2)cc1)C1CCCCC1.[I-]. The fourth-order valence-electron chi connectivity index (χ4n) is 4.04. The van der Waals surface area contributed by atoms with Gasteiger partial charge < -0.3 is 33.8 Å². The monoisotopic (exact) mass is 568 g/mol. The van der Waals surface area contributed by atoms with E-state index in [1.54, 1.807) is 6.08 Å². The summed E-state index contributed by atoms with van der Waals surface area (Å²) in [4.78, 5) is 12.2. The van der Waals surface area contributed by atoms with E-state index >= 15 is 0 Å². The first-order valence-electron chi connectivity index (χ1n) is 10.1. The normalized spacial score (nSPS) is 15.1. The zero-order valence-electron chi connectivity index (χ0n) is 17.2. The first-order valence-corrected chi connectivity index (χ1v) is 10.9. The van der Waals surface area contributed by atoms with Crippen LogP contribution in [0.5, 0.6) is 0 Å². The lowest BCUT2D eigenvalue weighted by molar-refractivity contribution is -0.929. The molecule has 2 aromatic rings. The molecular formula is C24H30BrIN2O. The second-order valence-corrected chi connectivity index (χ2v) is 9.22. The number of halogens is 2. The molecule has 0 heterocycles. The van der Waals surface area contributed by atoms with Gasteiger partial charge in [-0.3, -0.25) is 4.79 Å². The third-order valence-corrected chi connectivity index (χ3v) is 6.14. The molecule has 1 fully saturated rings. The van der Waals surface area contributed by atoms with E-state index < -0.39 is 0 Å². The minimum Gasteiger partial charge on any atom is -1.00 e. The molecule has 1 amide bonds. The van der Waals surface area contributed by atoms with Gasteiger partial charge in [0, 0.05) is 21.8 Å². The highest BCUT2D eigenvalue weighted by molar-refractivity contribution is 9.10. The van der Waals surface area contributed by atoms with Gasteiger partial charge in [-0.05, 0) is 61.6 Å². The molecule has 0 aromatic heterocycles. The second kappa shape index (κ2) is 11.3. The summed E-state index contributed by atoms with van der Waals surface area (Å²) >= 11 is 3.44.